The fraction of sp³-hybridized carbons (Fsp3) is 0.467. The lowest BCUT2D eigenvalue weighted by Gasteiger charge is -2.17. The molecule has 0 saturated heterocycles. The van der Waals surface area contributed by atoms with Crippen LogP contribution in [0.3, 0.4) is 0 Å². The van der Waals surface area contributed by atoms with Gasteiger partial charge in [0, 0.05) is 11.6 Å². The zero-order valence-electron chi connectivity index (χ0n) is 10.6. The summed E-state index contributed by atoms with van der Waals surface area (Å²) in [5.41, 5.74) is 0.744. The molecule has 0 atom stereocenters. The molecule has 2 saturated carbocycles. The Morgan fingerprint density at radius 2 is 1.47 bits per heavy atom. The van der Waals surface area contributed by atoms with Gasteiger partial charge in [0.1, 0.15) is 0 Å². The highest BCUT2D eigenvalue weighted by molar-refractivity contribution is 5.96. The first kappa shape index (κ1) is 12.2. The number of carboxylic acids is 1. The standard InChI is InChI=1S/C15H17NO3/c17-14(11-5-7-12(8-6-11)15(18)19)16-13(9-1-2-9)10-3-4-10/h5-10,13H,1-4H2,(H,16,17)(H,18,19). The van der Waals surface area contributed by atoms with Crippen molar-refractivity contribution < 1.29 is 14.7 Å². The van der Waals surface area contributed by atoms with Gasteiger partial charge in [-0.3, -0.25) is 4.79 Å². The maximum atomic E-state index is 12.1. The Morgan fingerprint density at radius 3 is 1.89 bits per heavy atom. The molecule has 0 bridgehead atoms. The topological polar surface area (TPSA) is 66.4 Å². The quantitative estimate of drug-likeness (QED) is 0.852. The van der Waals surface area contributed by atoms with Crippen LogP contribution in [0.2, 0.25) is 0 Å². The fourth-order valence-electron chi connectivity index (χ4n) is 2.53. The van der Waals surface area contributed by atoms with E-state index in [0.29, 0.717) is 23.4 Å². The average Bonchev–Trinajstić information content (AvgIpc) is 3.29. The lowest BCUT2D eigenvalue weighted by atomic mass is 10.1. The van der Waals surface area contributed by atoms with Crippen molar-refractivity contribution in [1.29, 1.82) is 0 Å². The van der Waals surface area contributed by atoms with Crippen LogP contribution in [-0.4, -0.2) is 23.0 Å². The van der Waals surface area contributed by atoms with Crippen molar-refractivity contribution in [2.75, 3.05) is 0 Å². The number of amides is 1. The second kappa shape index (κ2) is 4.68. The van der Waals surface area contributed by atoms with Crippen LogP contribution in [0.25, 0.3) is 0 Å². The van der Waals surface area contributed by atoms with Crippen molar-refractivity contribution >= 4 is 11.9 Å². The van der Waals surface area contributed by atoms with Crippen LogP contribution < -0.4 is 5.32 Å². The smallest absolute Gasteiger partial charge is 0.335 e. The Labute approximate surface area is 111 Å². The summed E-state index contributed by atoms with van der Waals surface area (Å²) in [6, 6.07) is 6.43. The minimum atomic E-state index is -0.971. The first-order valence-electron chi connectivity index (χ1n) is 6.79. The molecule has 0 spiro atoms. The van der Waals surface area contributed by atoms with E-state index < -0.39 is 5.97 Å². The second-order valence-corrected chi connectivity index (χ2v) is 5.56. The first-order chi connectivity index (χ1) is 9.15. The number of carboxylic acid groups (broad SMARTS) is 1. The maximum absolute atomic E-state index is 12.1. The van der Waals surface area contributed by atoms with E-state index in [9.17, 15) is 9.59 Å². The van der Waals surface area contributed by atoms with Crippen molar-refractivity contribution in [3.8, 4) is 0 Å². The minimum Gasteiger partial charge on any atom is -0.478 e. The zero-order valence-corrected chi connectivity index (χ0v) is 10.6. The number of aromatic carboxylic acids is 1. The molecule has 3 rings (SSSR count). The van der Waals surface area contributed by atoms with Crippen LogP contribution >= 0.6 is 0 Å². The monoisotopic (exact) mass is 259 g/mol. The molecule has 1 amide bonds. The summed E-state index contributed by atoms with van der Waals surface area (Å²) >= 11 is 0. The molecule has 1 aromatic rings. The van der Waals surface area contributed by atoms with Gasteiger partial charge in [0.2, 0.25) is 0 Å². The molecule has 0 heterocycles. The predicted octanol–water partition coefficient (Wildman–Crippen LogP) is 2.30. The summed E-state index contributed by atoms with van der Waals surface area (Å²) in [5.74, 6) is 0.269. The molecule has 2 aliphatic rings. The lowest BCUT2D eigenvalue weighted by molar-refractivity contribution is 0.0696. The highest BCUT2D eigenvalue weighted by Gasteiger charge is 2.42. The Morgan fingerprint density at radius 1 is 1.00 bits per heavy atom. The molecule has 19 heavy (non-hydrogen) atoms. The van der Waals surface area contributed by atoms with Gasteiger partial charge in [0.25, 0.3) is 5.91 Å². The Hall–Kier alpha value is -1.84. The summed E-state index contributed by atoms with van der Waals surface area (Å²) < 4.78 is 0. The number of nitrogens with one attached hydrogen (secondary N) is 1. The molecule has 100 valence electrons. The molecular formula is C15H17NO3. The van der Waals surface area contributed by atoms with Gasteiger partial charge in [0.05, 0.1) is 5.56 Å². The summed E-state index contributed by atoms with van der Waals surface area (Å²) in [7, 11) is 0. The minimum absolute atomic E-state index is 0.0826. The highest BCUT2D eigenvalue weighted by Crippen LogP contribution is 2.44. The summed E-state index contributed by atoms with van der Waals surface area (Å²) in [6.45, 7) is 0. The Kier molecular flexibility index (Phi) is 3.01. The first-order valence-corrected chi connectivity index (χ1v) is 6.79. The Bertz CT molecular complexity index is 489. The van der Waals surface area contributed by atoms with Gasteiger partial charge in [-0.25, -0.2) is 4.79 Å². The van der Waals surface area contributed by atoms with Gasteiger partial charge in [-0.2, -0.15) is 0 Å². The normalized spacial score (nSPS) is 18.4. The molecule has 4 nitrogen and oxygen atoms in total. The SMILES string of the molecule is O=C(O)c1ccc(C(=O)NC(C2CC2)C2CC2)cc1. The van der Waals surface area contributed by atoms with Crippen LogP contribution in [0.4, 0.5) is 0 Å². The molecule has 0 aromatic heterocycles. The second-order valence-electron chi connectivity index (χ2n) is 5.56. The van der Waals surface area contributed by atoms with Crippen LogP contribution in [-0.2, 0) is 0 Å². The van der Waals surface area contributed by atoms with Gasteiger partial charge in [0.15, 0.2) is 0 Å². The third kappa shape index (κ3) is 2.78. The molecule has 2 fully saturated rings. The number of carbonyl (C=O) groups is 2. The van der Waals surface area contributed by atoms with Crippen molar-refractivity contribution in [2.45, 2.75) is 31.7 Å². The van der Waals surface area contributed by atoms with Crippen LogP contribution in [0.5, 0.6) is 0 Å². The van der Waals surface area contributed by atoms with Crippen molar-refractivity contribution in [1.82, 2.24) is 5.32 Å². The summed E-state index contributed by atoms with van der Waals surface area (Å²) in [4.78, 5) is 22.9. The molecule has 0 unspecified atom stereocenters. The lowest BCUT2D eigenvalue weighted by Crippen LogP contribution is -2.38. The molecule has 0 radical (unpaired) electrons. The number of hydrogen-bond donors (Lipinski definition) is 2. The number of benzene rings is 1. The van der Waals surface area contributed by atoms with Gasteiger partial charge in [-0.15, -0.1) is 0 Å². The van der Waals surface area contributed by atoms with E-state index in [1.807, 2.05) is 0 Å². The van der Waals surface area contributed by atoms with Crippen LogP contribution in [0.15, 0.2) is 24.3 Å². The molecule has 2 aliphatic carbocycles. The fourth-order valence-corrected chi connectivity index (χ4v) is 2.53. The van der Waals surface area contributed by atoms with E-state index in [4.69, 9.17) is 5.11 Å². The van der Waals surface area contributed by atoms with Gasteiger partial charge in [-0.1, -0.05) is 0 Å². The van der Waals surface area contributed by atoms with Crippen molar-refractivity contribution in [3.05, 3.63) is 35.4 Å². The largest absolute Gasteiger partial charge is 0.478 e. The van der Waals surface area contributed by atoms with E-state index in [1.165, 1.54) is 37.8 Å². The zero-order chi connectivity index (χ0) is 13.4. The predicted molar refractivity (Wildman–Crippen MR) is 70.1 cm³/mol. The molecule has 0 aliphatic heterocycles. The maximum Gasteiger partial charge on any atom is 0.335 e. The average molecular weight is 259 g/mol. The van der Waals surface area contributed by atoms with E-state index in [1.54, 1.807) is 12.1 Å². The Balaban J connectivity index is 1.67. The van der Waals surface area contributed by atoms with Gasteiger partial charge < -0.3 is 10.4 Å². The molecule has 4 heteroatoms. The number of hydrogen-bond acceptors (Lipinski definition) is 2. The summed E-state index contributed by atoms with van der Waals surface area (Å²) in [6.07, 6.45) is 4.89. The molecule has 2 N–H and O–H groups in total. The van der Waals surface area contributed by atoms with E-state index in [-0.39, 0.29) is 11.5 Å². The third-order valence-electron chi connectivity index (χ3n) is 3.95. The van der Waals surface area contributed by atoms with Crippen LogP contribution in [0, 0.1) is 11.8 Å². The van der Waals surface area contributed by atoms with Crippen molar-refractivity contribution in [2.24, 2.45) is 11.8 Å². The number of rotatable bonds is 5. The third-order valence-corrected chi connectivity index (χ3v) is 3.95. The van der Waals surface area contributed by atoms with E-state index >= 15 is 0 Å². The highest BCUT2D eigenvalue weighted by atomic mass is 16.4. The molecular weight excluding hydrogens is 242 g/mol. The summed E-state index contributed by atoms with van der Waals surface area (Å²) in [5, 5.41) is 11.9. The van der Waals surface area contributed by atoms with Gasteiger partial charge >= 0.3 is 5.97 Å². The van der Waals surface area contributed by atoms with Crippen molar-refractivity contribution in [3.63, 3.8) is 0 Å². The van der Waals surface area contributed by atoms with E-state index in [2.05, 4.69) is 5.32 Å². The van der Waals surface area contributed by atoms with Gasteiger partial charge in [-0.05, 0) is 61.8 Å². The molecule has 1 aromatic carbocycles. The van der Waals surface area contributed by atoms with E-state index in [0.717, 1.165) is 0 Å². The number of carbonyl (C=O) groups excluding carboxylic acids is 1. The van der Waals surface area contributed by atoms with Crippen LogP contribution in [0.1, 0.15) is 46.4 Å².